The molecule has 0 radical (unpaired) electrons. The lowest BCUT2D eigenvalue weighted by Gasteiger charge is -2.28. The van der Waals surface area contributed by atoms with E-state index < -0.39 is 10.0 Å². The van der Waals surface area contributed by atoms with E-state index in [1.165, 1.54) is 6.26 Å². The van der Waals surface area contributed by atoms with Gasteiger partial charge in [-0.15, -0.1) is 0 Å². The van der Waals surface area contributed by atoms with Crippen LogP contribution in [0.1, 0.15) is 5.76 Å². The molecule has 0 spiro atoms. The fourth-order valence-corrected chi connectivity index (χ4v) is 3.17. The molecular weight excluding hydrogens is 292 g/mol. The second kappa shape index (κ2) is 5.42. The van der Waals surface area contributed by atoms with Crippen LogP contribution in [0.15, 0.2) is 45.9 Å². The number of nitrogens with zero attached hydrogens (tertiary/aromatic N) is 1. The molecule has 1 N–H and O–H groups in total. The normalized spacial score (nSPS) is 14.6. The van der Waals surface area contributed by atoms with E-state index in [1.807, 2.05) is 11.9 Å². The van der Waals surface area contributed by atoms with Crippen LogP contribution in [-0.2, 0) is 16.6 Å². The summed E-state index contributed by atoms with van der Waals surface area (Å²) >= 11 is 0. The second-order valence-corrected chi connectivity index (χ2v) is 6.57. The molecule has 1 aliphatic heterocycles. The van der Waals surface area contributed by atoms with Crippen LogP contribution < -0.4 is 14.4 Å². The highest BCUT2D eigenvalue weighted by Gasteiger charge is 2.20. The molecule has 21 heavy (non-hydrogen) atoms. The van der Waals surface area contributed by atoms with Crippen molar-refractivity contribution in [1.82, 2.24) is 4.72 Å². The predicted molar refractivity (Wildman–Crippen MR) is 77.9 cm³/mol. The maximum absolute atomic E-state index is 12.3. The van der Waals surface area contributed by atoms with Crippen molar-refractivity contribution in [1.29, 1.82) is 0 Å². The van der Waals surface area contributed by atoms with E-state index in [-0.39, 0.29) is 11.4 Å². The molecule has 1 aromatic heterocycles. The summed E-state index contributed by atoms with van der Waals surface area (Å²) in [6.45, 7) is 1.46. The molecule has 0 fully saturated rings. The fraction of sp³-hybridized carbons (Fsp3) is 0.286. The number of fused-ring (bicyclic) bond motifs is 1. The summed E-state index contributed by atoms with van der Waals surface area (Å²) in [7, 11) is -1.67. The van der Waals surface area contributed by atoms with Crippen LogP contribution in [0.3, 0.4) is 0 Å². The van der Waals surface area contributed by atoms with Crippen LogP contribution in [-0.4, -0.2) is 28.6 Å². The zero-order chi connectivity index (χ0) is 14.9. The first-order valence-corrected chi connectivity index (χ1v) is 8.04. The van der Waals surface area contributed by atoms with Gasteiger partial charge in [-0.2, -0.15) is 0 Å². The lowest BCUT2D eigenvalue weighted by molar-refractivity contribution is 0.311. The Morgan fingerprint density at radius 1 is 1.33 bits per heavy atom. The Morgan fingerprint density at radius 2 is 2.19 bits per heavy atom. The van der Waals surface area contributed by atoms with Crippen LogP contribution in [0.25, 0.3) is 0 Å². The van der Waals surface area contributed by atoms with E-state index in [1.54, 1.807) is 30.3 Å². The molecule has 7 heteroatoms. The number of sulfonamides is 1. The van der Waals surface area contributed by atoms with Gasteiger partial charge < -0.3 is 14.1 Å². The monoisotopic (exact) mass is 308 g/mol. The van der Waals surface area contributed by atoms with Gasteiger partial charge in [0.05, 0.1) is 29.9 Å². The number of ether oxygens (including phenoxy) is 1. The van der Waals surface area contributed by atoms with Gasteiger partial charge >= 0.3 is 0 Å². The first kappa shape index (κ1) is 14.0. The predicted octanol–water partition coefficient (Wildman–Crippen LogP) is 1.59. The smallest absolute Gasteiger partial charge is 0.241 e. The van der Waals surface area contributed by atoms with Gasteiger partial charge in [0.15, 0.2) is 0 Å². The number of anilines is 1. The number of furan rings is 1. The second-order valence-electron chi connectivity index (χ2n) is 4.80. The van der Waals surface area contributed by atoms with E-state index in [9.17, 15) is 8.42 Å². The van der Waals surface area contributed by atoms with Gasteiger partial charge in [0.1, 0.15) is 18.1 Å². The van der Waals surface area contributed by atoms with Gasteiger partial charge in [-0.1, -0.05) is 0 Å². The van der Waals surface area contributed by atoms with Crippen LogP contribution in [0, 0.1) is 0 Å². The first-order chi connectivity index (χ1) is 10.1. The summed E-state index contributed by atoms with van der Waals surface area (Å²) in [6, 6.07) is 8.29. The Balaban J connectivity index is 1.83. The fourth-order valence-electron chi connectivity index (χ4n) is 2.16. The summed E-state index contributed by atoms with van der Waals surface area (Å²) in [5, 5.41) is 0. The highest BCUT2D eigenvalue weighted by Crippen LogP contribution is 2.32. The average Bonchev–Trinajstić information content (AvgIpc) is 2.99. The average molecular weight is 308 g/mol. The molecule has 0 amide bonds. The largest absolute Gasteiger partial charge is 0.490 e. The number of likely N-dealkylation sites (N-methyl/N-ethyl adjacent to an activating group) is 1. The summed E-state index contributed by atoms with van der Waals surface area (Å²) in [4.78, 5) is 2.19. The lowest BCUT2D eigenvalue weighted by atomic mass is 10.2. The zero-order valence-electron chi connectivity index (χ0n) is 11.6. The van der Waals surface area contributed by atoms with E-state index in [0.29, 0.717) is 18.1 Å². The third-order valence-electron chi connectivity index (χ3n) is 3.35. The first-order valence-electron chi connectivity index (χ1n) is 6.56. The van der Waals surface area contributed by atoms with Crippen molar-refractivity contribution in [2.75, 3.05) is 25.1 Å². The number of hydrogen-bond acceptors (Lipinski definition) is 5. The van der Waals surface area contributed by atoms with Gasteiger partial charge in [-0.3, -0.25) is 0 Å². The SMILES string of the molecule is CN1CCOc2ccc(S(=O)(=O)NCc3ccco3)cc21. The Morgan fingerprint density at radius 3 is 2.95 bits per heavy atom. The Bertz CT molecular complexity index is 725. The number of benzene rings is 1. The van der Waals surface area contributed by atoms with Crippen LogP contribution >= 0.6 is 0 Å². The van der Waals surface area contributed by atoms with Crippen molar-refractivity contribution in [2.45, 2.75) is 11.4 Å². The van der Waals surface area contributed by atoms with Gasteiger partial charge in [-0.05, 0) is 30.3 Å². The molecule has 0 saturated heterocycles. The molecule has 0 atom stereocenters. The molecular formula is C14H16N2O4S. The molecule has 6 nitrogen and oxygen atoms in total. The number of hydrogen-bond donors (Lipinski definition) is 1. The molecule has 2 heterocycles. The molecule has 0 saturated carbocycles. The van der Waals surface area contributed by atoms with Gasteiger partial charge in [0.2, 0.25) is 10.0 Å². The van der Waals surface area contributed by atoms with Crippen molar-refractivity contribution >= 4 is 15.7 Å². The minimum absolute atomic E-state index is 0.124. The Hall–Kier alpha value is -1.99. The summed E-state index contributed by atoms with van der Waals surface area (Å²) in [5.74, 6) is 1.27. The lowest BCUT2D eigenvalue weighted by Crippen LogP contribution is -2.29. The highest BCUT2D eigenvalue weighted by atomic mass is 32.2. The van der Waals surface area contributed by atoms with Crippen molar-refractivity contribution in [2.24, 2.45) is 0 Å². The molecule has 2 aromatic rings. The Labute approximate surface area is 123 Å². The van der Waals surface area contributed by atoms with Crippen LogP contribution in [0.2, 0.25) is 0 Å². The van der Waals surface area contributed by atoms with Crippen molar-refractivity contribution < 1.29 is 17.6 Å². The zero-order valence-corrected chi connectivity index (χ0v) is 12.4. The molecule has 1 aliphatic rings. The van der Waals surface area contributed by atoms with E-state index in [4.69, 9.17) is 9.15 Å². The van der Waals surface area contributed by atoms with E-state index >= 15 is 0 Å². The van der Waals surface area contributed by atoms with Crippen LogP contribution in [0.4, 0.5) is 5.69 Å². The number of nitrogens with one attached hydrogen (secondary N) is 1. The molecule has 1 aromatic carbocycles. The Kier molecular flexibility index (Phi) is 3.60. The maximum Gasteiger partial charge on any atom is 0.241 e. The quantitative estimate of drug-likeness (QED) is 0.928. The minimum atomic E-state index is -3.59. The van der Waals surface area contributed by atoms with Crippen molar-refractivity contribution in [3.05, 3.63) is 42.4 Å². The topological polar surface area (TPSA) is 71.8 Å². The number of rotatable bonds is 4. The van der Waals surface area contributed by atoms with E-state index in [0.717, 1.165) is 12.2 Å². The summed E-state index contributed by atoms with van der Waals surface area (Å²) in [5.41, 5.74) is 0.780. The standard InChI is InChI=1S/C14H16N2O4S/c1-16-6-8-20-14-5-4-12(9-13(14)16)21(17,18)15-10-11-3-2-7-19-11/h2-5,7,9,15H,6,8,10H2,1H3. The highest BCUT2D eigenvalue weighted by molar-refractivity contribution is 7.89. The summed E-state index contributed by atoms with van der Waals surface area (Å²) in [6.07, 6.45) is 1.51. The van der Waals surface area contributed by atoms with Gasteiger partial charge in [0, 0.05) is 7.05 Å². The van der Waals surface area contributed by atoms with Gasteiger partial charge in [-0.25, -0.2) is 13.1 Å². The van der Waals surface area contributed by atoms with Crippen molar-refractivity contribution in [3.63, 3.8) is 0 Å². The summed E-state index contributed by atoms with van der Waals surface area (Å²) < 4.78 is 37.8. The molecule has 112 valence electrons. The molecule has 3 rings (SSSR count). The minimum Gasteiger partial charge on any atom is -0.490 e. The molecule has 0 bridgehead atoms. The van der Waals surface area contributed by atoms with E-state index in [2.05, 4.69) is 4.72 Å². The van der Waals surface area contributed by atoms with Crippen LogP contribution in [0.5, 0.6) is 5.75 Å². The molecule has 0 unspecified atom stereocenters. The third kappa shape index (κ3) is 2.88. The van der Waals surface area contributed by atoms with Gasteiger partial charge in [0.25, 0.3) is 0 Å². The van der Waals surface area contributed by atoms with Crippen molar-refractivity contribution in [3.8, 4) is 5.75 Å². The molecule has 0 aliphatic carbocycles. The third-order valence-corrected chi connectivity index (χ3v) is 4.75. The maximum atomic E-state index is 12.3.